The number of fused-ring (bicyclic) bond motifs is 1. The lowest BCUT2D eigenvalue weighted by molar-refractivity contribution is 0.122. The number of rotatable bonds is 3. The molecule has 0 spiro atoms. The molecule has 1 saturated heterocycles. The van der Waals surface area contributed by atoms with Gasteiger partial charge in [-0.3, -0.25) is 0 Å². The van der Waals surface area contributed by atoms with E-state index >= 15 is 0 Å². The van der Waals surface area contributed by atoms with E-state index in [0.717, 1.165) is 44.1 Å². The minimum atomic E-state index is -0.839. The van der Waals surface area contributed by atoms with Crippen molar-refractivity contribution in [3.05, 3.63) is 71.1 Å². The fourth-order valence-electron chi connectivity index (χ4n) is 4.25. The van der Waals surface area contributed by atoms with Crippen molar-refractivity contribution in [2.24, 2.45) is 0 Å². The number of morpholine rings is 1. The minimum Gasteiger partial charge on any atom is -0.505 e. The van der Waals surface area contributed by atoms with Gasteiger partial charge in [0.25, 0.3) is 0 Å². The first-order valence-electron chi connectivity index (χ1n) is 11.8. The zero-order valence-electron chi connectivity index (χ0n) is 20.3. The van der Waals surface area contributed by atoms with Crippen molar-refractivity contribution in [2.75, 3.05) is 54.5 Å². The Balaban J connectivity index is 0.000000189. The molecule has 2 aliphatic heterocycles. The number of hydrogen-bond donors (Lipinski definition) is 2. The summed E-state index contributed by atoms with van der Waals surface area (Å²) < 4.78 is 33.0. The molecule has 7 nitrogen and oxygen atoms in total. The first-order chi connectivity index (χ1) is 16.8. The second kappa shape index (κ2) is 10.9. The van der Waals surface area contributed by atoms with Crippen molar-refractivity contribution in [2.45, 2.75) is 26.8 Å². The molecule has 1 fully saturated rings. The highest BCUT2D eigenvalue weighted by molar-refractivity contribution is 5.65. The van der Waals surface area contributed by atoms with E-state index in [4.69, 9.17) is 4.74 Å². The Morgan fingerprint density at radius 2 is 1.69 bits per heavy atom. The molecule has 1 atom stereocenters. The van der Waals surface area contributed by atoms with Crippen molar-refractivity contribution in [3.63, 3.8) is 0 Å². The molecular weight excluding hydrogens is 452 g/mol. The molecule has 2 aliphatic rings. The van der Waals surface area contributed by atoms with Gasteiger partial charge in [-0.25, -0.2) is 18.7 Å². The average molecular weight is 484 g/mol. The molecule has 0 amide bonds. The van der Waals surface area contributed by atoms with Crippen molar-refractivity contribution in [3.8, 4) is 5.75 Å². The SMILES string of the molecule is Cc1ccc(N2CCOCC2)cc1.Cc1cnc2c(n1)N(C(C)c1c(F)ccc(F)c1O)CCN2. The summed E-state index contributed by atoms with van der Waals surface area (Å²) >= 11 is 0. The number of benzene rings is 2. The zero-order valence-corrected chi connectivity index (χ0v) is 20.3. The van der Waals surface area contributed by atoms with Gasteiger partial charge in [-0.05, 0) is 45.0 Å². The third kappa shape index (κ3) is 5.62. The number of phenols is 1. The maximum Gasteiger partial charge on any atom is 0.172 e. The highest BCUT2D eigenvalue weighted by Gasteiger charge is 2.29. The summed E-state index contributed by atoms with van der Waals surface area (Å²) in [7, 11) is 0. The maximum atomic E-state index is 14.1. The van der Waals surface area contributed by atoms with Crippen LogP contribution in [0.25, 0.3) is 0 Å². The van der Waals surface area contributed by atoms with Gasteiger partial charge in [0.1, 0.15) is 5.82 Å². The van der Waals surface area contributed by atoms with Crippen LogP contribution in [0.5, 0.6) is 5.75 Å². The molecule has 0 radical (unpaired) electrons. The van der Waals surface area contributed by atoms with E-state index in [1.165, 1.54) is 11.3 Å². The van der Waals surface area contributed by atoms with E-state index in [-0.39, 0.29) is 5.56 Å². The maximum absolute atomic E-state index is 14.1. The van der Waals surface area contributed by atoms with E-state index in [2.05, 4.69) is 51.4 Å². The second-order valence-electron chi connectivity index (χ2n) is 8.71. The van der Waals surface area contributed by atoms with Gasteiger partial charge in [-0.15, -0.1) is 0 Å². The number of phenolic OH excluding ortho intramolecular Hbond substituents is 1. The number of nitrogens with zero attached hydrogens (tertiary/aromatic N) is 4. The molecule has 5 rings (SSSR count). The van der Waals surface area contributed by atoms with Crippen molar-refractivity contribution in [1.29, 1.82) is 0 Å². The summed E-state index contributed by atoms with van der Waals surface area (Å²) in [6.45, 7) is 10.5. The van der Waals surface area contributed by atoms with E-state index in [0.29, 0.717) is 24.7 Å². The van der Waals surface area contributed by atoms with Gasteiger partial charge in [0.15, 0.2) is 23.2 Å². The fourth-order valence-corrected chi connectivity index (χ4v) is 4.25. The van der Waals surface area contributed by atoms with Crippen LogP contribution in [0.2, 0.25) is 0 Å². The largest absolute Gasteiger partial charge is 0.505 e. The van der Waals surface area contributed by atoms with Crippen molar-refractivity contribution >= 4 is 17.3 Å². The number of nitrogens with one attached hydrogen (secondary N) is 1. The van der Waals surface area contributed by atoms with Crippen LogP contribution in [0.1, 0.15) is 29.8 Å². The molecule has 2 N–H and O–H groups in total. The summed E-state index contributed by atoms with van der Waals surface area (Å²) in [6.07, 6.45) is 1.64. The van der Waals surface area contributed by atoms with Gasteiger partial charge in [0, 0.05) is 31.9 Å². The lowest BCUT2D eigenvalue weighted by Gasteiger charge is -2.35. The summed E-state index contributed by atoms with van der Waals surface area (Å²) in [4.78, 5) is 12.9. The Morgan fingerprint density at radius 1 is 1.00 bits per heavy atom. The van der Waals surface area contributed by atoms with Crippen LogP contribution in [0.15, 0.2) is 42.6 Å². The van der Waals surface area contributed by atoms with Crippen molar-refractivity contribution < 1.29 is 18.6 Å². The van der Waals surface area contributed by atoms with Gasteiger partial charge in [0.05, 0.1) is 36.7 Å². The second-order valence-corrected chi connectivity index (χ2v) is 8.71. The standard InChI is InChI=1S/C15H16F2N4O.C11H15NO/c1-8-7-19-14-15(20-8)21(6-5-18-14)9(2)12-10(16)3-4-11(17)13(12)22;1-10-2-4-11(5-3-10)12-6-8-13-9-7-12/h3-4,7,9,22H,5-6H2,1-2H3,(H,18,19);2-5H,6-9H2,1H3. The lowest BCUT2D eigenvalue weighted by atomic mass is 10.0. The topological polar surface area (TPSA) is 73.8 Å². The predicted molar refractivity (Wildman–Crippen MR) is 133 cm³/mol. The number of aryl methyl sites for hydroxylation is 2. The van der Waals surface area contributed by atoms with Crippen LogP contribution in [0.4, 0.5) is 26.1 Å². The average Bonchev–Trinajstić information content (AvgIpc) is 2.87. The number of anilines is 3. The molecular formula is C26H31F2N5O2. The summed E-state index contributed by atoms with van der Waals surface area (Å²) in [5.74, 6) is -0.976. The molecule has 0 saturated carbocycles. The molecule has 9 heteroatoms. The number of hydrogen-bond acceptors (Lipinski definition) is 7. The van der Waals surface area contributed by atoms with Gasteiger partial charge >= 0.3 is 0 Å². The smallest absolute Gasteiger partial charge is 0.172 e. The molecule has 0 aliphatic carbocycles. The molecule has 3 aromatic rings. The fraction of sp³-hybridized carbons (Fsp3) is 0.385. The monoisotopic (exact) mass is 483 g/mol. The predicted octanol–water partition coefficient (Wildman–Crippen LogP) is 4.59. The minimum absolute atomic E-state index is 0.0730. The molecule has 186 valence electrons. The number of aromatic nitrogens is 2. The summed E-state index contributed by atoms with van der Waals surface area (Å²) in [5, 5.41) is 13.0. The Hall–Kier alpha value is -3.46. The molecule has 35 heavy (non-hydrogen) atoms. The number of ether oxygens (including phenoxy) is 1. The lowest BCUT2D eigenvalue weighted by Crippen LogP contribution is -2.37. The first kappa shape index (κ1) is 24.7. The van der Waals surface area contributed by atoms with Crippen LogP contribution < -0.4 is 15.1 Å². The Labute approximate surface area is 204 Å². The van der Waals surface area contributed by atoms with Gasteiger partial charge in [0.2, 0.25) is 0 Å². The van der Waals surface area contributed by atoms with E-state index in [1.807, 2.05) is 11.8 Å². The molecule has 3 heterocycles. The molecule has 1 unspecified atom stereocenters. The van der Waals surface area contributed by atoms with Crippen LogP contribution in [-0.2, 0) is 4.74 Å². The van der Waals surface area contributed by atoms with E-state index in [1.54, 1.807) is 13.1 Å². The molecule has 2 aromatic carbocycles. The van der Waals surface area contributed by atoms with Gasteiger partial charge in [-0.2, -0.15) is 0 Å². The third-order valence-electron chi connectivity index (χ3n) is 6.20. The van der Waals surface area contributed by atoms with Gasteiger partial charge in [-0.1, -0.05) is 17.7 Å². The number of aromatic hydroxyl groups is 1. The first-order valence-corrected chi connectivity index (χ1v) is 11.8. The molecule has 0 bridgehead atoms. The normalized spacial score (nSPS) is 16.0. The summed E-state index contributed by atoms with van der Waals surface area (Å²) in [5.41, 5.74) is 3.28. The zero-order chi connectivity index (χ0) is 24.9. The Kier molecular flexibility index (Phi) is 7.65. The van der Waals surface area contributed by atoms with Crippen LogP contribution in [-0.4, -0.2) is 54.5 Å². The van der Waals surface area contributed by atoms with Gasteiger partial charge < -0.3 is 25.0 Å². The third-order valence-corrected chi connectivity index (χ3v) is 6.20. The van der Waals surface area contributed by atoms with Crippen LogP contribution >= 0.6 is 0 Å². The Bertz CT molecular complexity index is 1150. The number of halogens is 2. The quantitative estimate of drug-likeness (QED) is 0.564. The summed E-state index contributed by atoms with van der Waals surface area (Å²) in [6, 6.07) is 10.0. The highest BCUT2D eigenvalue weighted by Crippen LogP contribution is 2.37. The van der Waals surface area contributed by atoms with Crippen LogP contribution in [0, 0.1) is 25.5 Å². The molecule has 1 aromatic heterocycles. The highest BCUT2D eigenvalue weighted by atomic mass is 19.1. The Morgan fingerprint density at radius 3 is 2.40 bits per heavy atom. The van der Waals surface area contributed by atoms with Crippen LogP contribution in [0.3, 0.4) is 0 Å². The van der Waals surface area contributed by atoms with Crippen molar-refractivity contribution in [1.82, 2.24) is 9.97 Å². The van der Waals surface area contributed by atoms with E-state index in [9.17, 15) is 13.9 Å². The van der Waals surface area contributed by atoms with E-state index < -0.39 is 23.4 Å².